The van der Waals surface area contributed by atoms with E-state index in [1.165, 1.54) is 9.38 Å². The standard InChI is InChI=1S/C16H30O2SSi/c1-7-9-11-17-14-13(3)19-16(20(4,5)6)15(14)18-12-10-8-2/h7-12H2,1-6H3. The first-order valence-electron chi connectivity index (χ1n) is 7.81. The summed E-state index contributed by atoms with van der Waals surface area (Å²) in [5, 5.41) is 0. The molecule has 0 aliphatic carbocycles. The van der Waals surface area contributed by atoms with Crippen LogP contribution >= 0.6 is 11.3 Å². The summed E-state index contributed by atoms with van der Waals surface area (Å²) in [5.74, 6) is 2.06. The molecular formula is C16H30O2SSi. The Morgan fingerprint density at radius 2 is 1.40 bits per heavy atom. The summed E-state index contributed by atoms with van der Waals surface area (Å²) < 4.78 is 13.6. The SMILES string of the molecule is CCCCOc1c(C)sc([Si](C)(C)C)c1OCCCC. The Morgan fingerprint density at radius 3 is 1.85 bits per heavy atom. The molecule has 1 aromatic rings. The van der Waals surface area contributed by atoms with Crippen molar-refractivity contribution in [3.63, 3.8) is 0 Å². The zero-order valence-electron chi connectivity index (χ0n) is 14.0. The number of thiophene rings is 1. The van der Waals surface area contributed by atoms with E-state index in [2.05, 4.69) is 40.4 Å². The van der Waals surface area contributed by atoms with Crippen LogP contribution in [0.1, 0.15) is 44.4 Å². The molecule has 0 saturated carbocycles. The number of hydrogen-bond donors (Lipinski definition) is 0. The van der Waals surface area contributed by atoms with Crippen LogP contribution in [-0.2, 0) is 0 Å². The average Bonchev–Trinajstić information content (AvgIpc) is 2.68. The first kappa shape index (κ1) is 17.6. The summed E-state index contributed by atoms with van der Waals surface area (Å²) >= 11 is 1.88. The summed E-state index contributed by atoms with van der Waals surface area (Å²) in [6.45, 7) is 15.3. The van der Waals surface area contributed by atoms with Crippen molar-refractivity contribution >= 4 is 23.9 Å². The zero-order chi connectivity index (χ0) is 15.2. The molecule has 0 fully saturated rings. The third kappa shape index (κ3) is 4.81. The first-order chi connectivity index (χ1) is 9.41. The topological polar surface area (TPSA) is 18.5 Å². The molecule has 116 valence electrons. The number of hydrogen-bond acceptors (Lipinski definition) is 3. The van der Waals surface area contributed by atoms with Gasteiger partial charge in [0.15, 0.2) is 11.5 Å². The fraction of sp³-hybridized carbons (Fsp3) is 0.750. The van der Waals surface area contributed by atoms with Gasteiger partial charge in [0.05, 0.1) is 21.3 Å². The molecule has 2 nitrogen and oxygen atoms in total. The van der Waals surface area contributed by atoms with Crippen molar-refractivity contribution in [2.75, 3.05) is 13.2 Å². The van der Waals surface area contributed by atoms with Crippen LogP contribution in [0, 0.1) is 6.92 Å². The zero-order valence-corrected chi connectivity index (χ0v) is 15.8. The molecule has 0 radical (unpaired) electrons. The van der Waals surface area contributed by atoms with E-state index in [0.717, 1.165) is 50.4 Å². The maximum Gasteiger partial charge on any atom is 0.174 e. The van der Waals surface area contributed by atoms with Crippen molar-refractivity contribution in [3.8, 4) is 11.5 Å². The van der Waals surface area contributed by atoms with E-state index in [1.54, 1.807) is 0 Å². The Kier molecular flexibility index (Phi) is 7.10. The van der Waals surface area contributed by atoms with Crippen LogP contribution in [0.2, 0.25) is 19.6 Å². The van der Waals surface area contributed by atoms with Crippen LogP contribution in [0.3, 0.4) is 0 Å². The van der Waals surface area contributed by atoms with Crippen LogP contribution in [0.4, 0.5) is 0 Å². The van der Waals surface area contributed by atoms with Crippen LogP contribution in [0.5, 0.6) is 11.5 Å². The molecule has 0 amide bonds. The molecule has 0 unspecified atom stereocenters. The normalized spacial score (nSPS) is 11.7. The molecule has 20 heavy (non-hydrogen) atoms. The van der Waals surface area contributed by atoms with Crippen molar-refractivity contribution < 1.29 is 9.47 Å². The molecule has 4 heteroatoms. The van der Waals surface area contributed by atoms with Crippen molar-refractivity contribution in [1.82, 2.24) is 0 Å². The average molecular weight is 315 g/mol. The van der Waals surface area contributed by atoms with Gasteiger partial charge in [0.1, 0.15) is 0 Å². The first-order valence-corrected chi connectivity index (χ1v) is 12.1. The summed E-state index contributed by atoms with van der Waals surface area (Å²) in [6.07, 6.45) is 4.54. The highest BCUT2D eigenvalue weighted by Crippen LogP contribution is 2.37. The van der Waals surface area contributed by atoms with E-state index in [9.17, 15) is 0 Å². The molecule has 1 heterocycles. The van der Waals surface area contributed by atoms with Gasteiger partial charge < -0.3 is 9.47 Å². The smallest absolute Gasteiger partial charge is 0.174 e. The van der Waals surface area contributed by atoms with Crippen LogP contribution in [0.15, 0.2) is 0 Å². The van der Waals surface area contributed by atoms with Crippen molar-refractivity contribution in [2.24, 2.45) is 0 Å². The summed E-state index contributed by atoms with van der Waals surface area (Å²) in [4.78, 5) is 1.27. The molecule has 0 bridgehead atoms. The maximum atomic E-state index is 6.11. The summed E-state index contributed by atoms with van der Waals surface area (Å²) in [5.41, 5.74) is 0. The monoisotopic (exact) mass is 314 g/mol. The lowest BCUT2D eigenvalue weighted by molar-refractivity contribution is 0.264. The fourth-order valence-electron chi connectivity index (χ4n) is 1.94. The molecule has 0 spiro atoms. The fourth-order valence-corrected chi connectivity index (χ4v) is 5.28. The minimum atomic E-state index is -1.38. The molecule has 0 aliphatic heterocycles. The number of ether oxygens (including phenoxy) is 2. The van der Waals surface area contributed by atoms with Gasteiger partial charge in [-0.3, -0.25) is 0 Å². The van der Waals surface area contributed by atoms with Gasteiger partial charge in [-0.1, -0.05) is 46.3 Å². The lowest BCUT2D eigenvalue weighted by Gasteiger charge is -2.18. The number of unbranched alkanes of at least 4 members (excludes halogenated alkanes) is 2. The molecule has 0 atom stereocenters. The van der Waals surface area contributed by atoms with Crippen molar-refractivity contribution in [2.45, 2.75) is 66.1 Å². The molecule has 0 N–H and O–H groups in total. The Labute approximate surface area is 129 Å². The van der Waals surface area contributed by atoms with Gasteiger partial charge in [0, 0.05) is 9.38 Å². The Morgan fingerprint density at radius 1 is 0.900 bits per heavy atom. The largest absolute Gasteiger partial charge is 0.489 e. The van der Waals surface area contributed by atoms with Gasteiger partial charge in [0.2, 0.25) is 0 Å². The highest BCUT2D eigenvalue weighted by molar-refractivity contribution is 7.27. The number of aryl methyl sites for hydroxylation is 1. The predicted molar refractivity (Wildman–Crippen MR) is 92.8 cm³/mol. The molecule has 1 rings (SSSR count). The molecular weight excluding hydrogens is 284 g/mol. The molecule has 1 aromatic heterocycles. The third-order valence-corrected chi connectivity index (χ3v) is 7.77. The van der Waals surface area contributed by atoms with Gasteiger partial charge in [-0.15, -0.1) is 11.3 Å². The summed E-state index contributed by atoms with van der Waals surface area (Å²) in [6, 6.07) is 0. The minimum Gasteiger partial charge on any atom is -0.489 e. The second kappa shape index (κ2) is 8.08. The van der Waals surface area contributed by atoms with Gasteiger partial charge in [-0.05, 0) is 19.8 Å². The highest BCUT2D eigenvalue weighted by Gasteiger charge is 2.28. The van der Waals surface area contributed by atoms with E-state index < -0.39 is 8.07 Å². The number of rotatable bonds is 9. The van der Waals surface area contributed by atoms with E-state index >= 15 is 0 Å². The van der Waals surface area contributed by atoms with Crippen LogP contribution in [-0.4, -0.2) is 21.3 Å². The van der Waals surface area contributed by atoms with Crippen LogP contribution in [0.25, 0.3) is 0 Å². The highest BCUT2D eigenvalue weighted by atomic mass is 32.1. The quantitative estimate of drug-likeness (QED) is 0.474. The molecule has 0 aliphatic rings. The van der Waals surface area contributed by atoms with Crippen LogP contribution < -0.4 is 14.0 Å². The van der Waals surface area contributed by atoms with Gasteiger partial charge in [0.25, 0.3) is 0 Å². The lowest BCUT2D eigenvalue weighted by atomic mass is 10.3. The molecule has 0 saturated heterocycles. The molecule has 0 aromatic carbocycles. The second-order valence-electron chi connectivity index (χ2n) is 6.30. The summed E-state index contributed by atoms with van der Waals surface area (Å²) in [7, 11) is -1.38. The Hall–Kier alpha value is -0.483. The van der Waals surface area contributed by atoms with Gasteiger partial charge in [-0.2, -0.15) is 0 Å². The second-order valence-corrected chi connectivity index (χ2v) is 12.9. The lowest BCUT2D eigenvalue weighted by Crippen LogP contribution is -2.36. The van der Waals surface area contributed by atoms with E-state index in [1.807, 2.05) is 11.3 Å². The van der Waals surface area contributed by atoms with E-state index in [4.69, 9.17) is 9.47 Å². The van der Waals surface area contributed by atoms with Crippen molar-refractivity contribution in [1.29, 1.82) is 0 Å². The minimum absolute atomic E-state index is 0.795. The third-order valence-electron chi connectivity index (χ3n) is 3.16. The van der Waals surface area contributed by atoms with E-state index in [-0.39, 0.29) is 0 Å². The maximum absolute atomic E-state index is 6.11. The van der Waals surface area contributed by atoms with E-state index in [0.29, 0.717) is 0 Å². The van der Waals surface area contributed by atoms with Gasteiger partial charge in [-0.25, -0.2) is 0 Å². The Balaban J connectivity index is 2.97. The Bertz CT molecular complexity index is 407. The predicted octanol–water partition coefficient (Wildman–Crippen LogP) is 4.96. The van der Waals surface area contributed by atoms with Crippen molar-refractivity contribution in [3.05, 3.63) is 4.88 Å². The van der Waals surface area contributed by atoms with Gasteiger partial charge >= 0.3 is 0 Å².